The molecule has 0 unspecified atom stereocenters. The average Bonchev–Trinajstić information content (AvgIpc) is 2.54. The highest BCUT2D eigenvalue weighted by Crippen LogP contribution is 2.34. The van der Waals surface area contributed by atoms with E-state index in [0.29, 0.717) is 5.76 Å². The Hall–Kier alpha value is -1.45. The summed E-state index contributed by atoms with van der Waals surface area (Å²) in [6.45, 7) is 4.43. The Balaban J connectivity index is 2.25. The highest BCUT2D eigenvalue weighted by atomic mass is 16.7. The zero-order valence-electron chi connectivity index (χ0n) is 13.2. The van der Waals surface area contributed by atoms with Gasteiger partial charge >= 0.3 is 5.97 Å². The Bertz CT molecular complexity index is 524. The first kappa shape index (κ1) is 17.9. The summed E-state index contributed by atoms with van der Waals surface area (Å²) >= 11 is 0. The van der Waals surface area contributed by atoms with Crippen molar-refractivity contribution in [2.75, 3.05) is 6.61 Å². The Morgan fingerprint density at radius 2 is 1.87 bits per heavy atom. The number of esters is 1. The van der Waals surface area contributed by atoms with Gasteiger partial charge in [-0.2, -0.15) is 0 Å². The van der Waals surface area contributed by atoms with Crippen LogP contribution in [-0.4, -0.2) is 63.7 Å². The minimum Gasteiger partial charge on any atom is -0.465 e. The predicted octanol–water partition coefficient (Wildman–Crippen LogP) is -0.826. The van der Waals surface area contributed by atoms with E-state index in [1.165, 1.54) is 6.92 Å². The van der Waals surface area contributed by atoms with Gasteiger partial charge in [-0.1, -0.05) is 0 Å². The first-order valence-corrected chi connectivity index (χ1v) is 7.38. The van der Waals surface area contributed by atoms with E-state index >= 15 is 0 Å². The van der Waals surface area contributed by atoms with Gasteiger partial charge in [0, 0.05) is 0 Å². The molecule has 6 atom stereocenters. The van der Waals surface area contributed by atoms with E-state index < -0.39 is 43.3 Å². The molecule has 0 aliphatic carbocycles. The molecule has 2 rings (SSSR count). The fraction of sp³-hybridized carbons (Fsp3) is 0.667. The predicted molar refractivity (Wildman–Crippen MR) is 76.6 cm³/mol. The van der Waals surface area contributed by atoms with Gasteiger partial charge < -0.3 is 34.6 Å². The van der Waals surface area contributed by atoms with Crippen LogP contribution in [0.1, 0.15) is 20.8 Å². The van der Waals surface area contributed by atoms with Crippen LogP contribution in [0.5, 0.6) is 0 Å². The largest absolute Gasteiger partial charge is 0.465 e. The van der Waals surface area contributed by atoms with E-state index in [9.17, 15) is 25.2 Å². The highest BCUT2D eigenvalue weighted by molar-refractivity contribution is 5.90. The van der Waals surface area contributed by atoms with Crippen LogP contribution < -0.4 is 0 Å². The molecule has 0 aromatic heterocycles. The van der Waals surface area contributed by atoms with Gasteiger partial charge in [-0.05, 0) is 26.8 Å². The summed E-state index contributed by atoms with van der Waals surface area (Å²) < 4.78 is 16.0. The van der Waals surface area contributed by atoms with E-state index in [2.05, 4.69) is 0 Å². The second-order valence-electron chi connectivity index (χ2n) is 5.61. The fourth-order valence-corrected chi connectivity index (χ4v) is 2.62. The van der Waals surface area contributed by atoms with Crippen LogP contribution in [0.25, 0.3) is 0 Å². The zero-order chi connectivity index (χ0) is 17.3. The van der Waals surface area contributed by atoms with Crippen molar-refractivity contribution in [1.29, 1.82) is 0 Å². The maximum atomic E-state index is 11.8. The molecule has 2 heterocycles. The topological polar surface area (TPSA) is 126 Å². The molecule has 1 saturated heterocycles. The molecule has 2 aliphatic heterocycles. The van der Waals surface area contributed by atoms with Gasteiger partial charge in [-0.3, -0.25) is 0 Å². The van der Waals surface area contributed by atoms with E-state index in [-0.39, 0.29) is 17.3 Å². The molecular formula is C15H22O8. The number of aliphatic hydroxyl groups excluding tert-OH is 4. The maximum Gasteiger partial charge on any atom is 0.342 e. The first-order valence-electron chi connectivity index (χ1n) is 7.38. The normalized spacial score (nSPS) is 40.3. The molecule has 2 aliphatic rings. The lowest BCUT2D eigenvalue weighted by Crippen LogP contribution is -2.59. The SMILES string of the molecule is C/C=C1/OC(=O)C(C)=C(O[C@@H]2O[C@H](CO)[C@@H](O)[C@H](O)[C@H]2O)[C@H]1C. The molecular weight excluding hydrogens is 308 g/mol. The summed E-state index contributed by atoms with van der Waals surface area (Å²) in [4.78, 5) is 11.8. The standard InChI is InChI=1S/C15H22O8/c1-4-8-6(2)13(7(3)14(20)21-8)23-15-12(19)11(18)10(17)9(5-16)22-15/h4,6,9-12,15-19H,5H2,1-3H3/b8-4+/t6-,9+,10+,11-,12+,15-/m0/s1. The minimum atomic E-state index is -1.54. The minimum absolute atomic E-state index is 0.222. The number of aliphatic hydroxyl groups is 4. The quantitative estimate of drug-likeness (QED) is 0.494. The number of hydrogen-bond donors (Lipinski definition) is 4. The van der Waals surface area contributed by atoms with E-state index in [1.54, 1.807) is 19.9 Å². The van der Waals surface area contributed by atoms with Crippen molar-refractivity contribution < 1.29 is 39.4 Å². The first-order chi connectivity index (χ1) is 10.8. The van der Waals surface area contributed by atoms with E-state index in [1.807, 2.05) is 0 Å². The van der Waals surface area contributed by atoms with E-state index in [4.69, 9.17) is 14.2 Å². The third-order valence-corrected chi connectivity index (χ3v) is 4.08. The number of carbonyl (C=O) groups excluding carboxylic acids is 1. The third kappa shape index (κ3) is 3.26. The molecule has 130 valence electrons. The number of ether oxygens (including phenoxy) is 3. The fourth-order valence-electron chi connectivity index (χ4n) is 2.62. The van der Waals surface area contributed by atoms with Crippen LogP contribution in [0.15, 0.2) is 23.2 Å². The monoisotopic (exact) mass is 330 g/mol. The van der Waals surface area contributed by atoms with Gasteiger partial charge in [0.2, 0.25) is 6.29 Å². The second-order valence-corrected chi connectivity index (χ2v) is 5.61. The van der Waals surface area contributed by atoms with Crippen molar-refractivity contribution in [3.8, 4) is 0 Å². The van der Waals surface area contributed by atoms with Crippen LogP contribution in [0, 0.1) is 5.92 Å². The molecule has 0 spiro atoms. The molecule has 8 heteroatoms. The van der Waals surface area contributed by atoms with Crippen molar-refractivity contribution >= 4 is 5.97 Å². The average molecular weight is 330 g/mol. The molecule has 8 nitrogen and oxygen atoms in total. The van der Waals surface area contributed by atoms with Crippen LogP contribution in [0.3, 0.4) is 0 Å². The molecule has 23 heavy (non-hydrogen) atoms. The maximum absolute atomic E-state index is 11.8. The molecule has 0 aromatic carbocycles. The molecule has 1 fully saturated rings. The summed E-state index contributed by atoms with van der Waals surface area (Å²) in [6, 6.07) is 0. The van der Waals surface area contributed by atoms with Gasteiger partial charge in [0.1, 0.15) is 35.9 Å². The molecule has 0 amide bonds. The summed E-state index contributed by atoms with van der Waals surface area (Å²) in [5, 5.41) is 38.8. The van der Waals surface area contributed by atoms with Crippen LogP contribution in [-0.2, 0) is 19.0 Å². The van der Waals surface area contributed by atoms with Gasteiger partial charge in [-0.15, -0.1) is 0 Å². The van der Waals surface area contributed by atoms with Crippen molar-refractivity contribution in [3.63, 3.8) is 0 Å². The molecule has 4 N–H and O–H groups in total. The lowest BCUT2D eigenvalue weighted by atomic mass is 9.98. The molecule has 0 bridgehead atoms. The van der Waals surface area contributed by atoms with Gasteiger partial charge in [0.05, 0.1) is 18.1 Å². The van der Waals surface area contributed by atoms with Crippen LogP contribution >= 0.6 is 0 Å². The Morgan fingerprint density at radius 1 is 1.22 bits per heavy atom. The van der Waals surface area contributed by atoms with Crippen molar-refractivity contribution in [2.45, 2.75) is 51.5 Å². The Kier molecular flexibility index (Phi) is 5.43. The van der Waals surface area contributed by atoms with Crippen molar-refractivity contribution in [1.82, 2.24) is 0 Å². The summed E-state index contributed by atoms with van der Waals surface area (Å²) in [5.74, 6) is -0.306. The second kappa shape index (κ2) is 6.98. The molecule has 0 radical (unpaired) electrons. The highest BCUT2D eigenvalue weighted by Gasteiger charge is 2.46. The summed E-state index contributed by atoms with van der Waals surface area (Å²) in [6.07, 6.45) is -5.32. The number of cyclic esters (lactones) is 1. The smallest absolute Gasteiger partial charge is 0.342 e. The van der Waals surface area contributed by atoms with E-state index in [0.717, 1.165) is 0 Å². The summed E-state index contributed by atoms with van der Waals surface area (Å²) in [5.41, 5.74) is 0.222. The Morgan fingerprint density at radius 3 is 2.43 bits per heavy atom. The molecule has 0 aromatic rings. The van der Waals surface area contributed by atoms with Crippen LogP contribution in [0.4, 0.5) is 0 Å². The van der Waals surface area contributed by atoms with Crippen LogP contribution in [0.2, 0.25) is 0 Å². The zero-order valence-corrected chi connectivity index (χ0v) is 13.2. The lowest BCUT2D eigenvalue weighted by Gasteiger charge is -2.41. The number of carbonyl (C=O) groups is 1. The molecule has 0 saturated carbocycles. The Labute approximate surface area is 133 Å². The van der Waals surface area contributed by atoms with Gasteiger partial charge in [-0.25, -0.2) is 4.79 Å². The van der Waals surface area contributed by atoms with Crippen molar-refractivity contribution in [3.05, 3.63) is 23.2 Å². The number of allylic oxidation sites excluding steroid dienone is 1. The number of rotatable bonds is 3. The lowest BCUT2D eigenvalue weighted by molar-refractivity contribution is -0.293. The third-order valence-electron chi connectivity index (χ3n) is 4.08. The van der Waals surface area contributed by atoms with Gasteiger partial charge in [0.15, 0.2) is 0 Å². The van der Waals surface area contributed by atoms with Crippen molar-refractivity contribution in [2.24, 2.45) is 5.92 Å². The van der Waals surface area contributed by atoms with Gasteiger partial charge in [0.25, 0.3) is 0 Å². The summed E-state index contributed by atoms with van der Waals surface area (Å²) in [7, 11) is 0. The number of hydrogen-bond acceptors (Lipinski definition) is 8.